The van der Waals surface area contributed by atoms with Crippen LogP contribution in [0.15, 0.2) is 18.2 Å². The lowest BCUT2D eigenvalue weighted by Gasteiger charge is -2.28. The third-order valence-electron chi connectivity index (χ3n) is 3.93. The topological polar surface area (TPSA) is 21.3 Å². The van der Waals surface area contributed by atoms with Gasteiger partial charge in [0.1, 0.15) is 0 Å². The lowest BCUT2D eigenvalue weighted by atomic mass is 9.99. The molecule has 0 fully saturated rings. The maximum absolute atomic E-state index is 6.11. The standard InChI is InChI=1S/C18H31NO/c1-7-11-19-17(13-20-18(5,6)8-2)16-10-9-14(3)12-15(16)4/h9-10,12,17,19H,7-8,11,13H2,1-6H3. The molecule has 1 aromatic carbocycles. The first kappa shape index (κ1) is 17.2. The quantitative estimate of drug-likeness (QED) is 0.752. The van der Waals surface area contributed by atoms with Gasteiger partial charge in [0.2, 0.25) is 0 Å². The maximum Gasteiger partial charge on any atom is 0.0668 e. The second-order valence-electron chi connectivity index (χ2n) is 6.29. The van der Waals surface area contributed by atoms with Gasteiger partial charge in [-0.15, -0.1) is 0 Å². The van der Waals surface area contributed by atoms with Gasteiger partial charge in [0.15, 0.2) is 0 Å². The highest BCUT2D eigenvalue weighted by molar-refractivity contribution is 5.32. The average Bonchev–Trinajstić information content (AvgIpc) is 2.40. The number of hydrogen-bond acceptors (Lipinski definition) is 2. The Morgan fingerprint density at radius 2 is 1.90 bits per heavy atom. The van der Waals surface area contributed by atoms with Crippen LogP contribution in [0.4, 0.5) is 0 Å². The van der Waals surface area contributed by atoms with Gasteiger partial charge in [0.25, 0.3) is 0 Å². The molecule has 0 amide bonds. The smallest absolute Gasteiger partial charge is 0.0668 e. The molecule has 1 unspecified atom stereocenters. The SMILES string of the molecule is CCCNC(COC(C)(C)CC)c1ccc(C)cc1C. The number of nitrogens with one attached hydrogen (secondary N) is 1. The predicted molar refractivity (Wildman–Crippen MR) is 87.3 cm³/mol. The lowest BCUT2D eigenvalue weighted by Crippen LogP contribution is -2.32. The summed E-state index contributed by atoms with van der Waals surface area (Å²) in [6.45, 7) is 14.8. The van der Waals surface area contributed by atoms with E-state index >= 15 is 0 Å². The summed E-state index contributed by atoms with van der Waals surface area (Å²) in [5.41, 5.74) is 3.97. The third-order valence-corrected chi connectivity index (χ3v) is 3.93. The Bertz CT molecular complexity index is 412. The highest BCUT2D eigenvalue weighted by Crippen LogP contribution is 2.22. The fraction of sp³-hybridized carbons (Fsp3) is 0.667. The molecule has 1 rings (SSSR count). The van der Waals surface area contributed by atoms with Crippen molar-refractivity contribution in [3.05, 3.63) is 34.9 Å². The lowest BCUT2D eigenvalue weighted by molar-refractivity contribution is -0.0308. The van der Waals surface area contributed by atoms with Crippen molar-refractivity contribution in [1.82, 2.24) is 5.32 Å². The Kier molecular flexibility index (Phi) is 6.70. The number of ether oxygens (including phenoxy) is 1. The minimum Gasteiger partial charge on any atom is -0.374 e. The van der Waals surface area contributed by atoms with Crippen LogP contribution in [0, 0.1) is 13.8 Å². The van der Waals surface area contributed by atoms with Crippen LogP contribution < -0.4 is 5.32 Å². The molecule has 20 heavy (non-hydrogen) atoms. The number of benzene rings is 1. The summed E-state index contributed by atoms with van der Waals surface area (Å²) in [5.74, 6) is 0. The van der Waals surface area contributed by atoms with E-state index in [1.54, 1.807) is 0 Å². The van der Waals surface area contributed by atoms with Gasteiger partial charge in [-0.25, -0.2) is 0 Å². The van der Waals surface area contributed by atoms with Crippen LogP contribution in [-0.4, -0.2) is 18.8 Å². The molecule has 0 aliphatic carbocycles. The summed E-state index contributed by atoms with van der Waals surface area (Å²) in [7, 11) is 0. The van der Waals surface area contributed by atoms with Crippen molar-refractivity contribution >= 4 is 0 Å². The van der Waals surface area contributed by atoms with Crippen LogP contribution >= 0.6 is 0 Å². The highest BCUT2D eigenvalue weighted by atomic mass is 16.5. The second kappa shape index (κ2) is 7.80. The molecule has 0 saturated carbocycles. The summed E-state index contributed by atoms with van der Waals surface area (Å²) in [4.78, 5) is 0. The molecule has 1 atom stereocenters. The van der Waals surface area contributed by atoms with Crippen LogP contribution in [0.1, 0.15) is 63.3 Å². The van der Waals surface area contributed by atoms with Crippen LogP contribution in [0.3, 0.4) is 0 Å². The summed E-state index contributed by atoms with van der Waals surface area (Å²) in [5, 5.41) is 3.62. The largest absolute Gasteiger partial charge is 0.374 e. The predicted octanol–water partition coefficient (Wildman–Crippen LogP) is 4.55. The monoisotopic (exact) mass is 277 g/mol. The molecule has 114 valence electrons. The van der Waals surface area contributed by atoms with E-state index in [9.17, 15) is 0 Å². The van der Waals surface area contributed by atoms with Crippen molar-refractivity contribution in [2.45, 2.75) is 66.0 Å². The van der Waals surface area contributed by atoms with Crippen molar-refractivity contribution in [2.24, 2.45) is 0 Å². The molecular formula is C18H31NO. The Morgan fingerprint density at radius 1 is 1.20 bits per heavy atom. The number of aryl methyl sites for hydroxylation is 2. The molecule has 1 aromatic rings. The molecule has 0 aliphatic heterocycles. The fourth-order valence-electron chi connectivity index (χ4n) is 2.20. The van der Waals surface area contributed by atoms with Crippen molar-refractivity contribution in [3.8, 4) is 0 Å². The first-order valence-electron chi connectivity index (χ1n) is 7.84. The Hall–Kier alpha value is -0.860. The number of rotatable bonds is 8. The molecule has 2 nitrogen and oxygen atoms in total. The summed E-state index contributed by atoms with van der Waals surface area (Å²) in [6, 6.07) is 6.95. The second-order valence-corrected chi connectivity index (χ2v) is 6.29. The van der Waals surface area contributed by atoms with Gasteiger partial charge < -0.3 is 10.1 Å². The van der Waals surface area contributed by atoms with Gasteiger partial charge in [0.05, 0.1) is 18.2 Å². The third kappa shape index (κ3) is 5.26. The molecule has 1 N–H and O–H groups in total. The van der Waals surface area contributed by atoms with E-state index < -0.39 is 0 Å². The van der Waals surface area contributed by atoms with Gasteiger partial charge in [0, 0.05) is 0 Å². The minimum absolute atomic E-state index is 0.0508. The molecule has 0 heterocycles. The maximum atomic E-state index is 6.11. The molecular weight excluding hydrogens is 246 g/mol. The fourth-order valence-corrected chi connectivity index (χ4v) is 2.20. The van der Waals surface area contributed by atoms with Crippen LogP contribution in [-0.2, 0) is 4.74 Å². The first-order chi connectivity index (χ1) is 9.39. The van der Waals surface area contributed by atoms with E-state index in [-0.39, 0.29) is 11.6 Å². The molecule has 0 aliphatic rings. The molecule has 0 aromatic heterocycles. The van der Waals surface area contributed by atoms with E-state index in [1.165, 1.54) is 16.7 Å². The minimum atomic E-state index is -0.0508. The van der Waals surface area contributed by atoms with Crippen molar-refractivity contribution < 1.29 is 4.74 Å². The van der Waals surface area contributed by atoms with Crippen molar-refractivity contribution in [1.29, 1.82) is 0 Å². The van der Waals surface area contributed by atoms with E-state index in [0.717, 1.165) is 26.0 Å². The van der Waals surface area contributed by atoms with Crippen molar-refractivity contribution in [2.75, 3.05) is 13.2 Å². The Morgan fingerprint density at radius 3 is 2.45 bits per heavy atom. The average molecular weight is 277 g/mol. The van der Waals surface area contributed by atoms with Gasteiger partial charge in [-0.2, -0.15) is 0 Å². The highest BCUT2D eigenvalue weighted by Gasteiger charge is 2.20. The summed E-state index contributed by atoms with van der Waals surface area (Å²) in [6.07, 6.45) is 2.17. The van der Waals surface area contributed by atoms with E-state index in [2.05, 4.69) is 65.1 Å². The van der Waals surface area contributed by atoms with Gasteiger partial charge in [-0.1, -0.05) is 37.6 Å². The van der Waals surface area contributed by atoms with Crippen LogP contribution in [0.5, 0.6) is 0 Å². The number of hydrogen-bond donors (Lipinski definition) is 1. The summed E-state index contributed by atoms with van der Waals surface area (Å²) < 4.78 is 6.11. The zero-order valence-corrected chi connectivity index (χ0v) is 14.0. The van der Waals surface area contributed by atoms with E-state index in [4.69, 9.17) is 4.74 Å². The molecule has 0 bridgehead atoms. The van der Waals surface area contributed by atoms with Crippen LogP contribution in [0.2, 0.25) is 0 Å². The molecule has 2 heteroatoms. The zero-order chi connectivity index (χ0) is 15.2. The first-order valence-corrected chi connectivity index (χ1v) is 7.84. The van der Waals surface area contributed by atoms with E-state index in [0.29, 0.717) is 0 Å². The molecule has 0 saturated heterocycles. The van der Waals surface area contributed by atoms with Gasteiger partial charge >= 0.3 is 0 Å². The van der Waals surface area contributed by atoms with Gasteiger partial charge in [-0.3, -0.25) is 0 Å². The van der Waals surface area contributed by atoms with Crippen molar-refractivity contribution in [3.63, 3.8) is 0 Å². The Balaban J connectivity index is 2.82. The van der Waals surface area contributed by atoms with Crippen LogP contribution in [0.25, 0.3) is 0 Å². The Labute approximate surface area is 124 Å². The molecule has 0 spiro atoms. The van der Waals surface area contributed by atoms with E-state index in [1.807, 2.05) is 0 Å². The molecule has 0 radical (unpaired) electrons. The summed E-state index contributed by atoms with van der Waals surface area (Å²) >= 11 is 0. The normalized spacial score (nSPS) is 13.5. The van der Waals surface area contributed by atoms with Gasteiger partial charge in [-0.05, 0) is 58.2 Å². The zero-order valence-electron chi connectivity index (χ0n) is 14.0.